The number of unbranched alkanes of at least 4 members (excludes halogenated alkanes) is 1. The average molecular weight is 242 g/mol. The van der Waals surface area contributed by atoms with E-state index in [0.717, 1.165) is 25.7 Å². The van der Waals surface area contributed by atoms with E-state index in [2.05, 4.69) is 38.0 Å². The molecule has 1 aliphatic heterocycles. The lowest BCUT2D eigenvalue weighted by atomic mass is 9.87. The van der Waals surface area contributed by atoms with Gasteiger partial charge in [-0.2, -0.15) is 0 Å². The van der Waals surface area contributed by atoms with E-state index in [-0.39, 0.29) is 0 Å². The van der Waals surface area contributed by atoms with E-state index in [1.165, 1.54) is 25.8 Å². The molecular formula is C14H30N2O. The van der Waals surface area contributed by atoms with Crippen LogP contribution in [0.1, 0.15) is 40.0 Å². The zero-order valence-corrected chi connectivity index (χ0v) is 12.0. The third kappa shape index (κ3) is 4.57. The molecule has 0 aromatic carbocycles. The van der Waals surface area contributed by atoms with Crippen LogP contribution in [0.5, 0.6) is 0 Å². The van der Waals surface area contributed by atoms with Crippen LogP contribution in [0.25, 0.3) is 0 Å². The van der Waals surface area contributed by atoms with Crippen molar-refractivity contribution in [2.24, 2.45) is 5.92 Å². The van der Waals surface area contributed by atoms with Gasteiger partial charge >= 0.3 is 0 Å². The molecule has 3 unspecified atom stereocenters. The van der Waals surface area contributed by atoms with Crippen molar-refractivity contribution in [2.45, 2.75) is 52.1 Å². The molecule has 1 fully saturated rings. The van der Waals surface area contributed by atoms with Gasteiger partial charge in [-0.1, -0.05) is 20.3 Å². The summed E-state index contributed by atoms with van der Waals surface area (Å²) in [6.45, 7) is 11.0. The smallest absolute Gasteiger partial charge is 0.0593 e. The number of rotatable bonds is 7. The van der Waals surface area contributed by atoms with Gasteiger partial charge in [-0.25, -0.2) is 0 Å². The minimum Gasteiger partial charge on any atom is -0.380 e. The van der Waals surface area contributed by atoms with Crippen LogP contribution in [0, 0.1) is 5.92 Å². The highest BCUT2D eigenvalue weighted by molar-refractivity contribution is 4.87. The Morgan fingerprint density at radius 1 is 1.29 bits per heavy atom. The molecule has 1 saturated heterocycles. The summed E-state index contributed by atoms with van der Waals surface area (Å²) < 4.78 is 5.66. The third-order valence-corrected chi connectivity index (χ3v) is 4.23. The summed E-state index contributed by atoms with van der Waals surface area (Å²) in [4.78, 5) is 2.57. The first kappa shape index (κ1) is 14.9. The van der Waals surface area contributed by atoms with Crippen molar-refractivity contribution in [1.29, 1.82) is 0 Å². The average Bonchev–Trinajstić information content (AvgIpc) is 2.34. The van der Waals surface area contributed by atoms with Crippen LogP contribution in [0.3, 0.4) is 0 Å². The first-order chi connectivity index (χ1) is 8.20. The van der Waals surface area contributed by atoms with Gasteiger partial charge in [0.05, 0.1) is 6.61 Å². The molecule has 0 radical (unpaired) electrons. The molecule has 0 bridgehead atoms. The van der Waals surface area contributed by atoms with Gasteiger partial charge in [-0.15, -0.1) is 0 Å². The standard InChI is InChI=1S/C14H30N2O/c1-5-6-10-17-11-9-16-8-7-14(15-4)12(2)13(16)3/h12-15H,5-11H2,1-4H3. The van der Waals surface area contributed by atoms with Gasteiger partial charge in [-0.05, 0) is 32.7 Å². The Balaban J connectivity index is 2.21. The Bertz CT molecular complexity index is 199. The molecule has 0 aromatic rings. The fourth-order valence-electron chi connectivity index (χ4n) is 2.69. The molecule has 0 spiro atoms. The molecule has 1 rings (SSSR count). The molecule has 0 aromatic heterocycles. The summed E-state index contributed by atoms with van der Waals surface area (Å²) >= 11 is 0. The van der Waals surface area contributed by atoms with Crippen molar-refractivity contribution >= 4 is 0 Å². The molecule has 1 aliphatic rings. The highest BCUT2D eigenvalue weighted by Gasteiger charge is 2.30. The first-order valence-electron chi connectivity index (χ1n) is 7.19. The van der Waals surface area contributed by atoms with Crippen LogP contribution in [0.15, 0.2) is 0 Å². The summed E-state index contributed by atoms with van der Waals surface area (Å²) in [6.07, 6.45) is 3.67. The molecule has 3 heteroatoms. The highest BCUT2D eigenvalue weighted by Crippen LogP contribution is 2.22. The Hall–Kier alpha value is -0.120. The number of likely N-dealkylation sites (tertiary alicyclic amines) is 1. The lowest BCUT2D eigenvalue weighted by molar-refractivity contribution is 0.0452. The Labute approximate surface area is 107 Å². The maximum absolute atomic E-state index is 5.66. The van der Waals surface area contributed by atoms with Gasteiger partial charge in [0.2, 0.25) is 0 Å². The summed E-state index contributed by atoms with van der Waals surface area (Å²) in [5.74, 6) is 0.726. The van der Waals surface area contributed by atoms with E-state index >= 15 is 0 Å². The van der Waals surface area contributed by atoms with E-state index in [0.29, 0.717) is 12.1 Å². The molecular weight excluding hydrogens is 212 g/mol. The molecule has 3 atom stereocenters. The minimum absolute atomic E-state index is 0.663. The second kappa shape index (κ2) is 8.06. The summed E-state index contributed by atoms with van der Waals surface area (Å²) in [5, 5.41) is 3.43. The lowest BCUT2D eigenvalue weighted by Crippen LogP contribution is -2.53. The summed E-state index contributed by atoms with van der Waals surface area (Å²) in [5.41, 5.74) is 0. The number of ether oxygens (including phenoxy) is 1. The number of hydrogen-bond donors (Lipinski definition) is 1. The van der Waals surface area contributed by atoms with Crippen molar-refractivity contribution < 1.29 is 4.74 Å². The van der Waals surface area contributed by atoms with Crippen molar-refractivity contribution in [2.75, 3.05) is 33.4 Å². The molecule has 0 saturated carbocycles. The second-order valence-electron chi connectivity index (χ2n) is 5.29. The quantitative estimate of drug-likeness (QED) is 0.692. The molecule has 3 nitrogen and oxygen atoms in total. The van der Waals surface area contributed by atoms with E-state index < -0.39 is 0 Å². The predicted octanol–water partition coefficient (Wildman–Crippen LogP) is 2.12. The van der Waals surface area contributed by atoms with E-state index in [9.17, 15) is 0 Å². The minimum atomic E-state index is 0.663. The van der Waals surface area contributed by atoms with Crippen molar-refractivity contribution in [3.05, 3.63) is 0 Å². The fourth-order valence-corrected chi connectivity index (χ4v) is 2.69. The molecule has 102 valence electrons. The van der Waals surface area contributed by atoms with Crippen LogP contribution >= 0.6 is 0 Å². The number of hydrogen-bond acceptors (Lipinski definition) is 3. The monoisotopic (exact) mass is 242 g/mol. The first-order valence-corrected chi connectivity index (χ1v) is 7.19. The number of piperidine rings is 1. The van der Waals surface area contributed by atoms with E-state index in [1.54, 1.807) is 0 Å². The van der Waals surface area contributed by atoms with Crippen molar-refractivity contribution in [3.63, 3.8) is 0 Å². The van der Waals surface area contributed by atoms with E-state index in [4.69, 9.17) is 4.74 Å². The maximum Gasteiger partial charge on any atom is 0.0593 e. The molecule has 17 heavy (non-hydrogen) atoms. The third-order valence-electron chi connectivity index (χ3n) is 4.23. The van der Waals surface area contributed by atoms with Crippen molar-refractivity contribution in [1.82, 2.24) is 10.2 Å². The molecule has 1 heterocycles. The SMILES string of the molecule is CCCCOCCN1CCC(NC)C(C)C1C. The highest BCUT2D eigenvalue weighted by atomic mass is 16.5. The fraction of sp³-hybridized carbons (Fsp3) is 1.00. The van der Waals surface area contributed by atoms with Gasteiger partial charge in [0.15, 0.2) is 0 Å². The second-order valence-corrected chi connectivity index (χ2v) is 5.29. The van der Waals surface area contributed by atoms with E-state index in [1.807, 2.05) is 0 Å². The Kier molecular flexibility index (Phi) is 7.09. The van der Waals surface area contributed by atoms with Gasteiger partial charge in [0.1, 0.15) is 0 Å². The maximum atomic E-state index is 5.66. The zero-order valence-electron chi connectivity index (χ0n) is 12.0. The van der Waals surface area contributed by atoms with Gasteiger partial charge in [-0.3, -0.25) is 4.90 Å². The molecule has 1 N–H and O–H groups in total. The van der Waals surface area contributed by atoms with Gasteiger partial charge < -0.3 is 10.1 Å². The normalized spacial score (nSPS) is 30.7. The van der Waals surface area contributed by atoms with Gasteiger partial charge in [0, 0.05) is 31.8 Å². The molecule has 0 aliphatic carbocycles. The van der Waals surface area contributed by atoms with Gasteiger partial charge in [0.25, 0.3) is 0 Å². The molecule has 0 amide bonds. The van der Waals surface area contributed by atoms with Crippen molar-refractivity contribution in [3.8, 4) is 0 Å². The Morgan fingerprint density at radius 3 is 2.71 bits per heavy atom. The predicted molar refractivity (Wildman–Crippen MR) is 73.4 cm³/mol. The summed E-state index contributed by atoms with van der Waals surface area (Å²) in [7, 11) is 2.08. The number of nitrogens with one attached hydrogen (secondary N) is 1. The van der Waals surface area contributed by atoms with Crippen LogP contribution < -0.4 is 5.32 Å². The van der Waals surface area contributed by atoms with Crippen LogP contribution in [0.4, 0.5) is 0 Å². The summed E-state index contributed by atoms with van der Waals surface area (Å²) in [6, 6.07) is 1.35. The lowest BCUT2D eigenvalue weighted by Gasteiger charge is -2.42. The van der Waals surface area contributed by atoms with Crippen LogP contribution in [-0.2, 0) is 4.74 Å². The topological polar surface area (TPSA) is 24.5 Å². The van der Waals surface area contributed by atoms with Crippen LogP contribution in [0.2, 0.25) is 0 Å². The number of nitrogens with zero attached hydrogens (tertiary/aromatic N) is 1. The zero-order chi connectivity index (χ0) is 12.7. The Morgan fingerprint density at radius 2 is 2.06 bits per heavy atom. The van der Waals surface area contributed by atoms with Crippen LogP contribution in [-0.4, -0.2) is 50.3 Å². The largest absolute Gasteiger partial charge is 0.380 e.